The number of ether oxygens (including phenoxy) is 6. The van der Waals surface area contributed by atoms with Gasteiger partial charge in [0.2, 0.25) is 0 Å². The summed E-state index contributed by atoms with van der Waals surface area (Å²) in [6, 6.07) is 0. The lowest BCUT2D eigenvalue weighted by Crippen LogP contribution is -2.61. The first-order valence-corrected chi connectivity index (χ1v) is 6.18. The molecule has 0 spiro atoms. The minimum atomic E-state index is -0.542. The summed E-state index contributed by atoms with van der Waals surface area (Å²) in [7, 11) is 6.43. The average Bonchev–Trinajstić information content (AvgIpc) is 2.44. The summed E-state index contributed by atoms with van der Waals surface area (Å²) in [5.74, 6) is 0. The first kappa shape index (κ1) is 16.6. The maximum Gasteiger partial charge on any atom is 0.187 e. The van der Waals surface area contributed by atoms with Crippen molar-refractivity contribution in [2.45, 2.75) is 30.7 Å². The van der Waals surface area contributed by atoms with Crippen molar-refractivity contribution < 1.29 is 28.4 Å². The minimum Gasteiger partial charge on any atom is -0.382 e. The van der Waals surface area contributed by atoms with E-state index in [1.165, 1.54) is 0 Å². The molecule has 6 nitrogen and oxygen atoms in total. The molecule has 0 bridgehead atoms. The van der Waals surface area contributed by atoms with Crippen molar-refractivity contribution in [2.24, 2.45) is 0 Å². The van der Waals surface area contributed by atoms with Crippen LogP contribution in [0.3, 0.4) is 0 Å². The second kappa shape index (κ2) is 8.63. The van der Waals surface area contributed by atoms with Gasteiger partial charge in [-0.1, -0.05) is 6.08 Å². The normalized spacial score (nSPS) is 35.3. The molecule has 0 saturated carbocycles. The van der Waals surface area contributed by atoms with Crippen LogP contribution in [0.4, 0.5) is 0 Å². The van der Waals surface area contributed by atoms with E-state index in [0.29, 0.717) is 13.2 Å². The third-order valence-electron chi connectivity index (χ3n) is 3.12. The van der Waals surface area contributed by atoms with Gasteiger partial charge in [0.25, 0.3) is 0 Å². The minimum absolute atomic E-state index is 0.277. The van der Waals surface area contributed by atoms with Gasteiger partial charge >= 0.3 is 0 Å². The molecule has 0 aromatic rings. The molecule has 112 valence electrons. The summed E-state index contributed by atoms with van der Waals surface area (Å²) >= 11 is 0. The van der Waals surface area contributed by atoms with Crippen molar-refractivity contribution in [1.82, 2.24) is 0 Å². The molecule has 1 fully saturated rings. The largest absolute Gasteiger partial charge is 0.382 e. The van der Waals surface area contributed by atoms with Crippen LogP contribution in [0.5, 0.6) is 0 Å². The highest BCUT2D eigenvalue weighted by Gasteiger charge is 2.47. The molecule has 5 atom stereocenters. The van der Waals surface area contributed by atoms with Crippen LogP contribution in [0.25, 0.3) is 0 Å². The van der Waals surface area contributed by atoms with Gasteiger partial charge in [-0.3, -0.25) is 0 Å². The highest BCUT2D eigenvalue weighted by molar-refractivity contribution is 4.92. The van der Waals surface area contributed by atoms with E-state index in [4.69, 9.17) is 28.4 Å². The Bertz CT molecular complexity index is 260. The molecule has 0 amide bonds. The quantitative estimate of drug-likeness (QED) is 0.605. The molecule has 6 heteroatoms. The molecule has 0 aromatic carbocycles. The van der Waals surface area contributed by atoms with Crippen molar-refractivity contribution in [2.75, 3.05) is 41.7 Å². The Balaban J connectivity index is 2.84. The fourth-order valence-corrected chi connectivity index (χ4v) is 2.28. The Labute approximate surface area is 114 Å². The van der Waals surface area contributed by atoms with Crippen molar-refractivity contribution in [3.8, 4) is 0 Å². The molecule has 1 saturated heterocycles. The molecule has 0 aliphatic carbocycles. The monoisotopic (exact) mass is 276 g/mol. The van der Waals surface area contributed by atoms with E-state index in [-0.39, 0.29) is 24.4 Å². The zero-order valence-corrected chi connectivity index (χ0v) is 12.0. The van der Waals surface area contributed by atoms with Gasteiger partial charge in [-0.15, -0.1) is 6.58 Å². The van der Waals surface area contributed by atoms with E-state index in [1.807, 2.05) is 0 Å². The Morgan fingerprint density at radius 1 is 1.00 bits per heavy atom. The van der Waals surface area contributed by atoms with Gasteiger partial charge in [0, 0.05) is 28.4 Å². The molecule has 0 N–H and O–H groups in total. The summed E-state index contributed by atoms with van der Waals surface area (Å²) in [6.07, 6.45) is -0.105. The van der Waals surface area contributed by atoms with Crippen molar-refractivity contribution in [1.29, 1.82) is 0 Å². The molecule has 1 aliphatic heterocycles. The highest BCUT2D eigenvalue weighted by Crippen LogP contribution is 2.27. The predicted molar refractivity (Wildman–Crippen MR) is 69.1 cm³/mol. The van der Waals surface area contributed by atoms with Gasteiger partial charge in [0.15, 0.2) is 6.29 Å². The third kappa shape index (κ3) is 3.98. The topological polar surface area (TPSA) is 55.4 Å². The van der Waals surface area contributed by atoms with Crippen molar-refractivity contribution >= 4 is 0 Å². The number of rotatable bonds is 8. The van der Waals surface area contributed by atoms with Crippen LogP contribution in [-0.2, 0) is 28.4 Å². The molecular formula is C13H24O6. The van der Waals surface area contributed by atoms with Gasteiger partial charge in [-0.05, 0) is 0 Å². The van der Waals surface area contributed by atoms with E-state index in [0.717, 1.165) is 0 Å². The lowest BCUT2D eigenvalue weighted by molar-refractivity contribution is -0.311. The Kier molecular flexibility index (Phi) is 7.52. The smallest absolute Gasteiger partial charge is 0.187 e. The fraction of sp³-hybridized carbons (Fsp3) is 0.846. The van der Waals surface area contributed by atoms with Crippen LogP contribution in [-0.4, -0.2) is 72.4 Å². The summed E-state index contributed by atoms with van der Waals surface area (Å²) in [5, 5.41) is 0. The standard InChI is InChI=1S/C13H24O6/c1-6-7-18-13-12(17-5)11(16-4)10(15-3)9(19-13)8-14-2/h6,9-13H,1,7-8H2,2-5H3. The van der Waals surface area contributed by atoms with Crippen molar-refractivity contribution in [3.63, 3.8) is 0 Å². The van der Waals surface area contributed by atoms with Gasteiger partial charge in [-0.25, -0.2) is 0 Å². The molecule has 1 heterocycles. The highest BCUT2D eigenvalue weighted by atomic mass is 16.7. The zero-order valence-electron chi connectivity index (χ0n) is 12.0. The molecule has 1 aliphatic rings. The second-order valence-corrected chi connectivity index (χ2v) is 4.22. The number of hydrogen-bond acceptors (Lipinski definition) is 6. The van der Waals surface area contributed by atoms with Gasteiger partial charge in [0.05, 0.1) is 13.2 Å². The first-order chi connectivity index (χ1) is 9.23. The van der Waals surface area contributed by atoms with Gasteiger partial charge in [0.1, 0.15) is 24.4 Å². The maximum atomic E-state index is 5.84. The molecule has 1 rings (SSSR count). The summed E-state index contributed by atoms with van der Waals surface area (Å²) in [4.78, 5) is 0. The molecule has 0 radical (unpaired) electrons. The van der Waals surface area contributed by atoms with Crippen LogP contribution >= 0.6 is 0 Å². The summed E-state index contributed by atoms with van der Waals surface area (Å²) in [6.45, 7) is 4.38. The average molecular weight is 276 g/mol. The van der Waals surface area contributed by atoms with Crippen LogP contribution in [0, 0.1) is 0 Å². The SMILES string of the molecule is C=CCOC1OC(COC)C(OC)C(OC)C1OC. The molecular weight excluding hydrogens is 252 g/mol. The number of methoxy groups -OCH3 is 4. The first-order valence-electron chi connectivity index (χ1n) is 6.18. The Morgan fingerprint density at radius 2 is 1.63 bits per heavy atom. The van der Waals surface area contributed by atoms with Crippen molar-refractivity contribution in [3.05, 3.63) is 12.7 Å². The van der Waals surface area contributed by atoms with Crippen LogP contribution in [0.15, 0.2) is 12.7 Å². The molecule has 5 unspecified atom stereocenters. The van der Waals surface area contributed by atoms with Crippen LogP contribution in [0.1, 0.15) is 0 Å². The van der Waals surface area contributed by atoms with Gasteiger partial charge in [-0.2, -0.15) is 0 Å². The van der Waals surface area contributed by atoms with E-state index >= 15 is 0 Å². The van der Waals surface area contributed by atoms with E-state index < -0.39 is 6.29 Å². The lowest BCUT2D eigenvalue weighted by Gasteiger charge is -2.44. The maximum absolute atomic E-state index is 5.84. The van der Waals surface area contributed by atoms with E-state index in [1.54, 1.807) is 34.5 Å². The predicted octanol–water partition coefficient (Wildman–Crippen LogP) is 0.605. The van der Waals surface area contributed by atoms with Crippen LogP contribution in [0.2, 0.25) is 0 Å². The second-order valence-electron chi connectivity index (χ2n) is 4.22. The molecule has 19 heavy (non-hydrogen) atoms. The zero-order chi connectivity index (χ0) is 14.3. The summed E-state index contributed by atoms with van der Waals surface area (Å²) < 4.78 is 33.0. The molecule has 0 aromatic heterocycles. The number of hydrogen-bond donors (Lipinski definition) is 0. The van der Waals surface area contributed by atoms with Gasteiger partial charge < -0.3 is 28.4 Å². The van der Waals surface area contributed by atoms with E-state index in [9.17, 15) is 0 Å². The third-order valence-corrected chi connectivity index (χ3v) is 3.12. The Hall–Kier alpha value is -0.500. The van der Waals surface area contributed by atoms with E-state index in [2.05, 4.69) is 6.58 Å². The Morgan fingerprint density at radius 3 is 2.11 bits per heavy atom. The fourth-order valence-electron chi connectivity index (χ4n) is 2.28. The van der Waals surface area contributed by atoms with Crippen LogP contribution < -0.4 is 0 Å². The lowest BCUT2D eigenvalue weighted by atomic mass is 9.98. The summed E-state index contributed by atoms with van der Waals surface area (Å²) in [5.41, 5.74) is 0.